The summed E-state index contributed by atoms with van der Waals surface area (Å²) in [7, 11) is 2.89. The highest BCUT2D eigenvalue weighted by Gasteiger charge is 2.27. The summed E-state index contributed by atoms with van der Waals surface area (Å²) in [4.78, 5) is 30.2. The molecule has 0 amide bonds. The molecule has 0 fully saturated rings. The van der Waals surface area contributed by atoms with Gasteiger partial charge in [0.15, 0.2) is 6.04 Å². The second-order valence-electron chi connectivity index (χ2n) is 9.73. The number of methoxy groups -OCH3 is 2. The van der Waals surface area contributed by atoms with Gasteiger partial charge in [-0.25, -0.2) is 9.59 Å². The SMILES string of the molecule is COC(=O)C(Nc1cc(-c2cnc(CC(C)(C)C)cc2OC)sc1C(=O)O)c1ccc(C)cc1C. The summed E-state index contributed by atoms with van der Waals surface area (Å²) in [5.41, 5.74) is 4.66. The molecule has 0 saturated carbocycles. The van der Waals surface area contributed by atoms with Crippen molar-refractivity contribution in [3.8, 4) is 16.2 Å². The minimum atomic E-state index is -1.09. The molecule has 3 aromatic rings. The largest absolute Gasteiger partial charge is 0.496 e. The Morgan fingerprint density at radius 1 is 1.14 bits per heavy atom. The van der Waals surface area contributed by atoms with Crippen LogP contribution >= 0.6 is 11.3 Å². The molecule has 0 radical (unpaired) electrons. The van der Waals surface area contributed by atoms with Crippen molar-refractivity contribution in [1.82, 2.24) is 4.98 Å². The molecule has 2 aromatic heterocycles. The zero-order valence-corrected chi connectivity index (χ0v) is 22.0. The molecule has 1 atom stereocenters. The van der Waals surface area contributed by atoms with Crippen LogP contribution in [0.25, 0.3) is 10.4 Å². The summed E-state index contributed by atoms with van der Waals surface area (Å²) >= 11 is 1.10. The summed E-state index contributed by atoms with van der Waals surface area (Å²) in [6.45, 7) is 10.3. The molecule has 8 heteroatoms. The standard InChI is InChI=1S/C27H32N2O5S/c1-15-8-9-18(16(2)10-15)23(26(32)34-7)29-20-12-22(35-24(20)25(30)31)19-14-28-17(11-21(19)33-6)13-27(3,4)5/h8-12,14,23,29H,13H2,1-7H3,(H,30,31). The number of hydrogen-bond acceptors (Lipinski definition) is 7. The van der Waals surface area contributed by atoms with E-state index >= 15 is 0 Å². The topological polar surface area (TPSA) is 97.8 Å². The van der Waals surface area contributed by atoms with Crippen LogP contribution in [0.3, 0.4) is 0 Å². The molecule has 0 saturated heterocycles. The van der Waals surface area contributed by atoms with Crippen LogP contribution in [0.5, 0.6) is 5.75 Å². The minimum Gasteiger partial charge on any atom is -0.496 e. The van der Waals surface area contributed by atoms with Crippen LogP contribution in [-0.4, -0.2) is 36.2 Å². The average Bonchev–Trinajstić information content (AvgIpc) is 3.20. The Bertz CT molecular complexity index is 1240. The number of carbonyl (C=O) groups excluding carboxylic acids is 1. The molecule has 7 nitrogen and oxygen atoms in total. The second-order valence-corrected chi connectivity index (χ2v) is 10.8. The summed E-state index contributed by atoms with van der Waals surface area (Å²) < 4.78 is 10.7. The molecule has 0 aliphatic heterocycles. The van der Waals surface area contributed by atoms with Gasteiger partial charge in [-0.05, 0) is 42.9 Å². The molecule has 2 heterocycles. The third-order valence-corrected chi connectivity index (χ3v) is 6.68. The number of nitrogens with one attached hydrogen (secondary N) is 1. The van der Waals surface area contributed by atoms with Gasteiger partial charge in [0.25, 0.3) is 0 Å². The number of benzene rings is 1. The molecule has 1 aromatic carbocycles. The van der Waals surface area contributed by atoms with Crippen LogP contribution in [0.2, 0.25) is 0 Å². The Kier molecular flexibility index (Phi) is 7.85. The summed E-state index contributed by atoms with van der Waals surface area (Å²) in [5.74, 6) is -0.987. The van der Waals surface area contributed by atoms with Crippen LogP contribution in [0.4, 0.5) is 5.69 Å². The van der Waals surface area contributed by atoms with Crippen molar-refractivity contribution < 1.29 is 24.2 Å². The summed E-state index contributed by atoms with van der Waals surface area (Å²) in [6.07, 6.45) is 2.49. The van der Waals surface area contributed by atoms with Gasteiger partial charge >= 0.3 is 11.9 Å². The van der Waals surface area contributed by atoms with Crippen LogP contribution < -0.4 is 10.1 Å². The van der Waals surface area contributed by atoms with Gasteiger partial charge in [-0.2, -0.15) is 0 Å². The van der Waals surface area contributed by atoms with Crippen molar-refractivity contribution in [3.63, 3.8) is 0 Å². The number of carboxylic acids is 1. The quantitative estimate of drug-likeness (QED) is 0.366. The number of carboxylic acid groups (broad SMARTS) is 1. The number of thiophene rings is 1. The number of rotatable bonds is 8. The first-order valence-electron chi connectivity index (χ1n) is 11.3. The Balaban J connectivity index is 2.05. The summed E-state index contributed by atoms with van der Waals surface area (Å²) in [5, 5.41) is 13.0. The number of aryl methyl sites for hydroxylation is 2. The fourth-order valence-electron chi connectivity index (χ4n) is 3.95. The number of pyridine rings is 1. The monoisotopic (exact) mass is 496 g/mol. The van der Waals surface area contributed by atoms with E-state index in [0.717, 1.165) is 40.1 Å². The zero-order valence-electron chi connectivity index (χ0n) is 21.2. The van der Waals surface area contributed by atoms with E-state index in [1.807, 2.05) is 38.1 Å². The van der Waals surface area contributed by atoms with E-state index in [1.165, 1.54) is 7.11 Å². The summed E-state index contributed by atoms with van der Waals surface area (Å²) in [6, 6.07) is 8.48. The Hall–Kier alpha value is -3.39. The first kappa shape index (κ1) is 26.2. The molecular weight excluding hydrogens is 464 g/mol. The highest BCUT2D eigenvalue weighted by atomic mass is 32.1. The molecule has 0 bridgehead atoms. The Morgan fingerprint density at radius 2 is 1.86 bits per heavy atom. The molecule has 0 aliphatic carbocycles. The fraction of sp³-hybridized carbons (Fsp3) is 0.370. The van der Waals surface area contributed by atoms with Crippen molar-refractivity contribution >= 4 is 29.0 Å². The first-order chi connectivity index (χ1) is 16.4. The number of aromatic carboxylic acids is 1. The van der Waals surface area contributed by atoms with E-state index in [2.05, 4.69) is 31.1 Å². The average molecular weight is 497 g/mol. The number of hydrogen-bond donors (Lipinski definition) is 2. The molecule has 0 aliphatic rings. The van der Waals surface area contributed by atoms with Gasteiger partial charge in [0, 0.05) is 22.8 Å². The van der Waals surface area contributed by atoms with Crippen molar-refractivity contribution in [2.75, 3.05) is 19.5 Å². The van der Waals surface area contributed by atoms with E-state index < -0.39 is 18.0 Å². The zero-order chi connectivity index (χ0) is 25.9. The van der Waals surface area contributed by atoms with Gasteiger partial charge in [-0.1, -0.05) is 44.5 Å². The number of aromatic nitrogens is 1. The lowest BCUT2D eigenvalue weighted by Crippen LogP contribution is -2.23. The third-order valence-electron chi connectivity index (χ3n) is 5.52. The minimum absolute atomic E-state index is 0.0625. The number of nitrogens with zero attached hydrogens (tertiary/aromatic N) is 1. The number of ether oxygens (including phenoxy) is 2. The van der Waals surface area contributed by atoms with Crippen LogP contribution in [0.1, 0.15) is 58.9 Å². The maximum atomic E-state index is 12.7. The van der Waals surface area contributed by atoms with E-state index in [-0.39, 0.29) is 10.3 Å². The van der Waals surface area contributed by atoms with Gasteiger partial charge in [-0.3, -0.25) is 4.98 Å². The molecule has 1 unspecified atom stereocenters. The smallest absolute Gasteiger partial charge is 0.348 e. The number of carbonyl (C=O) groups is 2. The lowest BCUT2D eigenvalue weighted by Gasteiger charge is -2.20. The van der Waals surface area contributed by atoms with Gasteiger partial charge in [0.1, 0.15) is 10.6 Å². The number of esters is 1. The maximum Gasteiger partial charge on any atom is 0.348 e. The van der Waals surface area contributed by atoms with Crippen molar-refractivity contribution in [2.24, 2.45) is 5.41 Å². The molecule has 0 spiro atoms. The van der Waals surface area contributed by atoms with Crippen LogP contribution in [0, 0.1) is 19.3 Å². The molecule has 3 rings (SSSR count). The lowest BCUT2D eigenvalue weighted by atomic mass is 9.90. The van der Waals surface area contributed by atoms with E-state index in [1.54, 1.807) is 19.4 Å². The maximum absolute atomic E-state index is 12.7. The van der Waals surface area contributed by atoms with E-state index in [0.29, 0.717) is 21.9 Å². The van der Waals surface area contributed by atoms with E-state index in [4.69, 9.17) is 9.47 Å². The van der Waals surface area contributed by atoms with Crippen molar-refractivity contribution in [3.05, 3.63) is 63.8 Å². The highest BCUT2D eigenvalue weighted by Crippen LogP contribution is 2.41. The molecule has 35 heavy (non-hydrogen) atoms. The van der Waals surface area contributed by atoms with Crippen molar-refractivity contribution in [1.29, 1.82) is 0 Å². The molecule has 2 N–H and O–H groups in total. The first-order valence-corrected chi connectivity index (χ1v) is 12.1. The predicted octanol–water partition coefficient (Wildman–Crippen LogP) is 6.05. The predicted molar refractivity (Wildman–Crippen MR) is 139 cm³/mol. The van der Waals surface area contributed by atoms with Gasteiger partial charge in [0.2, 0.25) is 0 Å². The third kappa shape index (κ3) is 6.19. The highest BCUT2D eigenvalue weighted by molar-refractivity contribution is 7.18. The lowest BCUT2D eigenvalue weighted by molar-refractivity contribution is -0.141. The second kappa shape index (κ2) is 10.5. The Morgan fingerprint density at radius 3 is 2.43 bits per heavy atom. The van der Waals surface area contributed by atoms with Crippen molar-refractivity contribution in [2.45, 2.75) is 47.1 Å². The van der Waals surface area contributed by atoms with Gasteiger partial charge < -0.3 is 19.9 Å². The van der Waals surface area contributed by atoms with Crippen LogP contribution in [-0.2, 0) is 16.0 Å². The van der Waals surface area contributed by atoms with E-state index in [9.17, 15) is 14.7 Å². The van der Waals surface area contributed by atoms with Gasteiger partial charge in [-0.15, -0.1) is 11.3 Å². The van der Waals surface area contributed by atoms with Crippen LogP contribution in [0.15, 0.2) is 36.5 Å². The Labute approximate surface area is 210 Å². The fourth-order valence-corrected chi connectivity index (χ4v) is 4.92. The molecule has 186 valence electrons. The normalized spacial score (nSPS) is 12.2. The molecular formula is C27H32N2O5S. The van der Waals surface area contributed by atoms with Gasteiger partial charge in [0.05, 0.1) is 25.5 Å². The number of anilines is 1.